The van der Waals surface area contributed by atoms with Gasteiger partial charge in [0.2, 0.25) is 15.9 Å². The highest BCUT2D eigenvalue weighted by atomic mass is 32.2. The molecule has 1 atom stereocenters. The monoisotopic (exact) mass is 477 g/mol. The molecule has 0 aliphatic carbocycles. The SMILES string of the molecule is Cc1nc(-c2ccc(CNC(=O)[C@H](C)NS(=O)(=O)c3c(C)c(C)cc(C)c3C)s2)cs1. The number of hydrogen-bond donors (Lipinski definition) is 2. The van der Waals surface area contributed by atoms with E-state index < -0.39 is 16.1 Å². The van der Waals surface area contributed by atoms with Crippen molar-refractivity contribution >= 4 is 38.6 Å². The number of thiazole rings is 1. The summed E-state index contributed by atoms with van der Waals surface area (Å²) in [6.45, 7) is 11.2. The van der Waals surface area contributed by atoms with Gasteiger partial charge in [-0.15, -0.1) is 22.7 Å². The maximum Gasteiger partial charge on any atom is 0.241 e. The zero-order valence-corrected chi connectivity index (χ0v) is 20.9. The molecule has 166 valence electrons. The molecule has 1 aromatic carbocycles. The largest absolute Gasteiger partial charge is 0.350 e. The molecule has 2 heterocycles. The Balaban J connectivity index is 1.67. The molecule has 0 aliphatic heterocycles. The standard InChI is InChI=1S/C22H27N3O3S3/c1-12-9-13(2)15(4)21(14(12)3)31(27,28)25-16(5)22(26)23-10-18-7-8-20(30-18)19-11-29-17(6)24-19/h7-9,11,16,25H,10H2,1-6H3,(H,23,26)/t16-/m0/s1. The van der Waals surface area contributed by atoms with Gasteiger partial charge in [0.05, 0.1) is 33.1 Å². The van der Waals surface area contributed by atoms with Gasteiger partial charge < -0.3 is 5.32 Å². The summed E-state index contributed by atoms with van der Waals surface area (Å²) in [6, 6.07) is 5.01. The molecular weight excluding hydrogens is 450 g/mol. The van der Waals surface area contributed by atoms with E-state index in [1.807, 2.05) is 44.4 Å². The molecule has 0 spiro atoms. The van der Waals surface area contributed by atoms with Gasteiger partial charge in [0.15, 0.2) is 0 Å². The quantitative estimate of drug-likeness (QED) is 0.528. The number of carbonyl (C=O) groups excluding carboxylic acids is 1. The molecule has 0 fully saturated rings. The van der Waals surface area contributed by atoms with Gasteiger partial charge in [0, 0.05) is 10.3 Å². The molecule has 0 saturated heterocycles. The molecule has 3 aromatic rings. The lowest BCUT2D eigenvalue weighted by Crippen LogP contribution is -2.44. The van der Waals surface area contributed by atoms with Crippen molar-refractivity contribution < 1.29 is 13.2 Å². The second kappa shape index (κ2) is 9.20. The van der Waals surface area contributed by atoms with Crippen molar-refractivity contribution in [2.24, 2.45) is 0 Å². The van der Waals surface area contributed by atoms with Crippen molar-refractivity contribution in [2.75, 3.05) is 0 Å². The predicted octanol–water partition coefficient (Wildman–Crippen LogP) is 4.40. The topological polar surface area (TPSA) is 88.2 Å². The molecule has 1 amide bonds. The van der Waals surface area contributed by atoms with Gasteiger partial charge in [-0.3, -0.25) is 4.79 Å². The number of aryl methyl sites for hydroxylation is 3. The maximum absolute atomic E-state index is 13.0. The van der Waals surface area contributed by atoms with Gasteiger partial charge in [0.1, 0.15) is 0 Å². The number of nitrogens with zero attached hydrogens (tertiary/aromatic N) is 1. The predicted molar refractivity (Wildman–Crippen MR) is 127 cm³/mol. The maximum atomic E-state index is 13.0. The van der Waals surface area contributed by atoms with E-state index in [0.717, 1.165) is 31.6 Å². The Labute approximate surface area is 191 Å². The number of hydrogen-bond acceptors (Lipinski definition) is 6. The van der Waals surface area contributed by atoms with E-state index in [2.05, 4.69) is 15.0 Å². The molecule has 2 aromatic heterocycles. The average molecular weight is 478 g/mol. The molecule has 9 heteroatoms. The lowest BCUT2D eigenvalue weighted by atomic mass is 10.0. The summed E-state index contributed by atoms with van der Waals surface area (Å²) in [4.78, 5) is 19.3. The summed E-state index contributed by atoms with van der Waals surface area (Å²) in [5, 5.41) is 5.84. The van der Waals surface area contributed by atoms with E-state index in [4.69, 9.17) is 0 Å². The first-order valence-corrected chi connectivity index (χ1v) is 13.1. The van der Waals surface area contributed by atoms with Gasteiger partial charge >= 0.3 is 0 Å². The number of amides is 1. The fourth-order valence-electron chi connectivity index (χ4n) is 3.34. The highest BCUT2D eigenvalue weighted by Crippen LogP contribution is 2.29. The first-order valence-electron chi connectivity index (χ1n) is 9.88. The van der Waals surface area contributed by atoms with E-state index in [0.29, 0.717) is 17.7 Å². The summed E-state index contributed by atoms with van der Waals surface area (Å²) in [5.41, 5.74) is 4.15. The van der Waals surface area contributed by atoms with Crippen LogP contribution in [0.3, 0.4) is 0 Å². The van der Waals surface area contributed by atoms with Crippen molar-refractivity contribution in [1.29, 1.82) is 0 Å². The van der Waals surface area contributed by atoms with Gasteiger partial charge in [-0.1, -0.05) is 6.07 Å². The Hall–Kier alpha value is -2.07. The molecule has 0 unspecified atom stereocenters. The average Bonchev–Trinajstić information content (AvgIpc) is 3.33. The van der Waals surface area contributed by atoms with Crippen molar-refractivity contribution in [3.63, 3.8) is 0 Å². The van der Waals surface area contributed by atoms with Gasteiger partial charge in [-0.05, 0) is 75.9 Å². The van der Waals surface area contributed by atoms with Crippen molar-refractivity contribution in [1.82, 2.24) is 15.0 Å². The Morgan fingerprint density at radius 1 is 1.10 bits per heavy atom. The van der Waals surface area contributed by atoms with Crippen LogP contribution < -0.4 is 10.0 Å². The lowest BCUT2D eigenvalue weighted by molar-refractivity contribution is -0.122. The van der Waals surface area contributed by atoms with Gasteiger partial charge in [-0.2, -0.15) is 4.72 Å². The van der Waals surface area contributed by atoms with Crippen LogP contribution in [0.15, 0.2) is 28.5 Å². The van der Waals surface area contributed by atoms with Crippen LogP contribution in [0.25, 0.3) is 10.6 Å². The molecule has 0 bridgehead atoms. The second-order valence-electron chi connectivity index (χ2n) is 7.67. The van der Waals surface area contributed by atoms with Crippen LogP contribution in [-0.4, -0.2) is 25.4 Å². The van der Waals surface area contributed by atoms with Crippen LogP contribution in [-0.2, 0) is 21.4 Å². The number of sulfonamides is 1. The molecule has 6 nitrogen and oxygen atoms in total. The summed E-state index contributed by atoms with van der Waals surface area (Å²) < 4.78 is 28.6. The molecular formula is C22H27N3O3S3. The molecule has 0 saturated carbocycles. The summed E-state index contributed by atoms with van der Waals surface area (Å²) in [6.07, 6.45) is 0. The smallest absolute Gasteiger partial charge is 0.241 e. The van der Waals surface area contributed by atoms with Crippen molar-refractivity contribution in [3.05, 3.63) is 55.7 Å². The second-order valence-corrected chi connectivity index (χ2v) is 11.5. The summed E-state index contributed by atoms with van der Waals surface area (Å²) >= 11 is 3.16. The number of carbonyl (C=O) groups is 1. The van der Waals surface area contributed by atoms with Crippen LogP contribution in [0.4, 0.5) is 0 Å². The number of rotatable bonds is 7. The highest BCUT2D eigenvalue weighted by Gasteiger charge is 2.26. The van der Waals surface area contributed by atoms with Crippen LogP contribution in [0.1, 0.15) is 39.1 Å². The van der Waals surface area contributed by atoms with Gasteiger partial charge in [-0.25, -0.2) is 13.4 Å². The van der Waals surface area contributed by atoms with Gasteiger partial charge in [0.25, 0.3) is 0 Å². The first kappa shape index (κ1) is 23.6. The normalized spacial score (nSPS) is 12.7. The minimum absolute atomic E-state index is 0.256. The third kappa shape index (κ3) is 5.23. The zero-order valence-electron chi connectivity index (χ0n) is 18.5. The molecule has 0 aliphatic rings. The van der Waals surface area contributed by atoms with E-state index >= 15 is 0 Å². The molecule has 0 radical (unpaired) electrons. The van der Waals surface area contributed by atoms with Crippen LogP contribution in [0, 0.1) is 34.6 Å². The van der Waals surface area contributed by atoms with Crippen LogP contribution >= 0.6 is 22.7 Å². The molecule has 2 N–H and O–H groups in total. The van der Waals surface area contributed by atoms with Crippen LogP contribution in [0.2, 0.25) is 0 Å². The fraction of sp³-hybridized carbons (Fsp3) is 0.364. The number of thiophene rings is 1. The number of benzene rings is 1. The Kier molecular flexibility index (Phi) is 7.00. The van der Waals surface area contributed by atoms with E-state index in [-0.39, 0.29) is 10.8 Å². The Morgan fingerprint density at radius 3 is 2.32 bits per heavy atom. The third-order valence-corrected chi connectivity index (χ3v) is 8.96. The summed E-state index contributed by atoms with van der Waals surface area (Å²) in [5.74, 6) is -0.372. The molecule has 3 rings (SSSR count). The Bertz CT molecular complexity index is 1200. The minimum Gasteiger partial charge on any atom is -0.350 e. The Morgan fingerprint density at radius 2 is 1.74 bits per heavy atom. The fourth-order valence-corrected chi connectivity index (χ4v) is 6.76. The first-order chi connectivity index (χ1) is 14.5. The van der Waals surface area contributed by atoms with E-state index in [1.54, 1.807) is 43.4 Å². The summed E-state index contributed by atoms with van der Waals surface area (Å²) in [7, 11) is -3.84. The minimum atomic E-state index is -3.84. The van der Waals surface area contributed by atoms with E-state index in [9.17, 15) is 13.2 Å². The lowest BCUT2D eigenvalue weighted by Gasteiger charge is -2.19. The van der Waals surface area contributed by atoms with Crippen molar-refractivity contribution in [3.8, 4) is 10.6 Å². The van der Waals surface area contributed by atoms with Crippen molar-refractivity contribution in [2.45, 2.75) is 59.0 Å². The zero-order chi connectivity index (χ0) is 22.9. The third-order valence-electron chi connectivity index (χ3n) is 5.26. The number of nitrogens with one attached hydrogen (secondary N) is 2. The number of aromatic nitrogens is 1. The highest BCUT2D eigenvalue weighted by molar-refractivity contribution is 7.89. The molecule has 31 heavy (non-hydrogen) atoms. The van der Waals surface area contributed by atoms with Crippen LogP contribution in [0.5, 0.6) is 0 Å². The van der Waals surface area contributed by atoms with E-state index in [1.165, 1.54) is 0 Å².